The van der Waals surface area contributed by atoms with E-state index in [-0.39, 0.29) is 23.0 Å². The van der Waals surface area contributed by atoms with Crippen molar-refractivity contribution >= 4 is 15.7 Å². The fourth-order valence-electron chi connectivity index (χ4n) is 5.11. The molecule has 5 atom stereocenters. The normalized spacial score (nSPS) is 39.0. The van der Waals surface area contributed by atoms with E-state index in [0.717, 1.165) is 0 Å². The van der Waals surface area contributed by atoms with Gasteiger partial charge in [-0.15, -0.1) is 0 Å². The van der Waals surface area contributed by atoms with Gasteiger partial charge in [-0.05, 0) is 43.9 Å². The van der Waals surface area contributed by atoms with Gasteiger partial charge in [0.2, 0.25) is 10.0 Å². The number of nitriles is 1. The molecule has 1 aliphatic heterocycles. The molecule has 1 heterocycles. The third-order valence-corrected chi connectivity index (χ3v) is 9.07. The Morgan fingerprint density at radius 3 is 2.79 bits per heavy atom. The van der Waals surface area contributed by atoms with Crippen molar-refractivity contribution in [2.24, 2.45) is 17.8 Å². The van der Waals surface area contributed by atoms with E-state index in [0.29, 0.717) is 25.1 Å². The highest BCUT2D eigenvalue weighted by Gasteiger charge is 2.70. The maximum Gasteiger partial charge on any atom is 0.241 e. The van der Waals surface area contributed by atoms with E-state index in [1.807, 2.05) is 6.07 Å². The summed E-state index contributed by atoms with van der Waals surface area (Å²) < 4.78 is 54.0. The van der Waals surface area contributed by atoms with Crippen LogP contribution in [0.2, 0.25) is 0 Å². The summed E-state index contributed by atoms with van der Waals surface area (Å²) in [5, 5.41) is 9.00. The number of alkyl halides is 2. The van der Waals surface area contributed by atoms with Gasteiger partial charge in [-0.1, -0.05) is 0 Å². The smallest absolute Gasteiger partial charge is 0.241 e. The first kappa shape index (κ1) is 15.8. The van der Waals surface area contributed by atoms with Crippen molar-refractivity contribution in [1.82, 2.24) is 0 Å². The average Bonchev–Trinajstić information content (AvgIpc) is 3.14. The zero-order chi connectivity index (χ0) is 17.3. The van der Waals surface area contributed by atoms with Crippen LogP contribution in [0.3, 0.4) is 0 Å². The predicted octanol–water partition coefficient (Wildman–Crippen LogP) is 2.93. The molecule has 24 heavy (non-hydrogen) atoms. The minimum atomic E-state index is -3.74. The van der Waals surface area contributed by atoms with E-state index < -0.39 is 33.5 Å². The summed E-state index contributed by atoms with van der Waals surface area (Å²) in [6.07, 6.45) is 0.0175. The van der Waals surface area contributed by atoms with Crippen LogP contribution in [0.15, 0.2) is 18.2 Å². The summed E-state index contributed by atoms with van der Waals surface area (Å²) >= 11 is 0. The second kappa shape index (κ2) is 4.92. The number of hydrogen-bond donors (Lipinski definition) is 0. The van der Waals surface area contributed by atoms with Crippen LogP contribution in [-0.4, -0.2) is 25.9 Å². The number of nitrogens with zero attached hydrogens (tertiary/aromatic N) is 2. The zero-order valence-electron chi connectivity index (χ0n) is 13.2. The van der Waals surface area contributed by atoms with E-state index in [1.165, 1.54) is 22.5 Å². The number of fused-ring (bicyclic) bond motifs is 5. The molecule has 1 saturated heterocycles. The number of hydrogen-bond acceptors (Lipinski definition) is 3. The van der Waals surface area contributed by atoms with E-state index in [1.54, 1.807) is 6.92 Å². The molecule has 0 aromatic heterocycles. The number of sulfonamides is 1. The van der Waals surface area contributed by atoms with Crippen LogP contribution in [0.25, 0.3) is 0 Å². The van der Waals surface area contributed by atoms with Gasteiger partial charge in [0.1, 0.15) is 12.8 Å². The van der Waals surface area contributed by atoms with Gasteiger partial charge in [-0.2, -0.15) is 5.26 Å². The number of anilines is 1. The van der Waals surface area contributed by atoms with E-state index in [2.05, 4.69) is 0 Å². The maximum absolute atomic E-state index is 14.2. The molecular formula is C17H18F2N2O2S. The quantitative estimate of drug-likeness (QED) is 0.822. The Balaban J connectivity index is 1.79. The highest BCUT2D eigenvalue weighted by Crippen LogP contribution is 2.62. The van der Waals surface area contributed by atoms with Crippen molar-refractivity contribution in [2.45, 2.75) is 37.4 Å². The molecule has 3 aliphatic rings. The van der Waals surface area contributed by atoms with Crippen LogP contribution in [0.1, 0.15) is 30.9 Å². The molecule has 2 saturated carbocycles. The van der Waals surface area contributed by atoms with Gasteiger partial charge >= 0.3 is 0 Å². The number of halogens is 2. The molecule has 1 aromatic rings. The van der Waals surface area contributed by atoms with Crippen LogP contribution in [0.4, 0.5) is 14.5 Å². The molecule has 0 N–H and O–H groups in total. The SMILES string of the molecule is C[C@]12[C@H](CN(c3ccc(C#N)c(CF)c3)S1(=O)=O)[C@@H]1C[C@@H](F)[C@H]2C1. The molecular weight excluding hydrogens is 334 g/mol. The molecule has 7 heteroatoms. The first-order chi connectivity index (χ1) is 11.3. The summed E-state index contributed by atoms with van der Waals surface area (Å²) in [5.74, 6) is -0.459. The third kappa shape index (κ3) is 1.72. The van der Waals surface area contributed by atoms with Crippen LogP contribution in [0, 0.1) is 29.1 Å². The molecule has 0 unspecified atom stereocenters. The second-order valence-corrected chi connectivity index (χ2v) is 9.54. The minimum Gasteiger partial charge on any atom is -0.269 e. The number of benzene rings is 1. The van der Waals surface area contributed by atoms with Crippen LogP contribution in [0.5, 0.6) is 0 Å². The molecule has 0 amide bonds. The van der Waals surface area contributed by atoms with Crippen molar-refractivity contribution in [1.29, 1.82) is 5.26 Å². The van der Waals surface area contributed by atoms with Gasteiger partial charge < -0.3 is 0 Å². The Morgan fingerprint density at radius 2 is 2.12 bits per heavy atom. The lowest BCUT2D eigenvalue weighted by Gasteiger charge is -2.35. The third-order valence-electron chi connectivity index (χ3n) is 6.41. The zero-order valence-corrected chi connectivity index (χ0v) is 14.1. The Hall–Kier alpha value is -1.68. The molecule has 128 valence electrons. The molecule has 1 aromatic carbocycles. The van der Waals surface area contributed by atoms with Gasteiger partial charge in [0.15, 0.2) is 0 Å². The molecule has 3 fully saturated rings. The molecule has 4 nitrogen and oxygen atoms in total. The van der Waals surface area contributed by atoms with Crippen molar-refractivity contribution in [3.8, 4) is 6.07 Å². The van der Waals surface area contributed by atoms with Gasteiger partial charge in [0.25, 0.3) is 0 Å². The van der Waals surface area contributed by atoms with Crippen molar-refractivity contribution in [2.75, 3.05) is 10.8 Å². The molecule has 2 aliphatic carbocycles. The van der Waals surface area contributed by atoms with Crippen molar-refractivity contribution in [3.05, 3.63) is 29.3 Å². The van der Waals surface area contributed by atoms with Crippen molar-refractivity contribution in [3.63, 3.8) is 0 Å². The summed E-state index contributed by atoms with van der Waals surface area (Å²) in [5.41, 5.74) is 0.749. The first-order valence-corrected chi connectivity index (χ1v) is 9.54. The van der Waals surface area contributed by atoms with E-state index in [4.69, 9.17) is 5.26 Å². The lowest BCUT2D eigenvalue weighted by molar-refractivity contribution is 0.162. The van der Waals surface area contributed by atoms with Crippen LogP contribution in [-0.2, 0) is 16.7 Å². The highest BCUT2D eigenvalue weighted by atomic mass is 32.2. The van der Waals surface area contributed by atoms with Gasteiger partial charge in [-0.3, -0.25) is 4.31 Å². The Morgan fingerprint density at radius 1 is 1.38 bits per heavy atom. The van der Waals surface area contributed by atoms with Crippen molar-refractivity contribution < 1.29 is 17.2 Å². The van der Waals surface area contributed by atoms with E-state index >= 15 is 0 Å². The van der Waals surface area contributed by atoms with Crippen LogP contribution < -0.4 is 4.31 Å². The Labute approximate surface area is 140 Å². The summed E-state index contributed by atoms with van der Waals surface area (Å²) in [6.45, 7) is 1.15. The lowest BCUT2D eigenvalue weighted by atomic mass is 9.79. The van der Waals surface area contributed by atoms with Crippen LogP contribution >= 0.6 is 0 Å². The lowest BCUT2D eigenvalue weighted by Crippen LogP contribution is -2.48. The van der Waals surface area contributed by atoms with E-state index in [9.17, 15) is 17.2 Å². The highest BCUT2D eigenvalue weighted by molar-refractivity contribution is 7.94. The topological polar surface area (TPSA) is 61.2 Å². The summed E-state index contributed by atoms with van der Waals surface area (Å²) in [7, 11) is -3.74. The van der Waals surface area contributed by atoms with Gasteiger partial charge in [0.05, 0.1) is 22.1 Å². The standard InChI is InChI=1S/C17H18F2N2O2S/c1-17-14-5-11(6-16(14)19)15(17)9-21(24(17,22)23)13-3-2-10(8-20)12(4-13)7-18/h2-4,11,14-16H,5-7,9H2,1H3/t11-,14+,15+,16+,17-/m0/s1. The minimum absolute atomic E-state index is 0.0915. The first-order valence-electron chi connectivity index (χ1n) is 8.10. The molecule has 0 spiro atoms. The van der Waals surface area contributed by atoms with Gasteiger partial charge in [-0.25, -0.2) is 17.2 Å². The number of rotatable bonds is 2. The van der Waals surface area contributed by atoms with Gasteiger partial charge in [0, 0.05) is 23.9 Å². The molecule has 0 radical (unpaired) electrons. The maximum atomic E-state index is 14.2. The summed E-state index contributed by atoms with van der Waals surface area (Å²) in [6, 6.07) is 6.31. The fraction of sp³-hybridized carbons (Fsp3) is 0.588. The molecule has 4 rings (SSSR count). The Kier molecular flexibility index (Phi) is 3.24. The predicted molar refractivity (Wildman–Crippen MR) is 85.2 cm³/mol. The summed E-state index contributed by atoms with van der Waals surface area (Å²) in [4.78, 5) is 0. The molecule has 2 bridgehead atoms. The fourth-order valence-corrected chi connectivity index (χ4v) is 7.61. The monoisotopic (exact) mass is 352 g/mol. The largest absolute Gasteiger partial charge is 0.269 e. The Bertz CT molecular complexity index is 851. The second-order valence-electron chi connectivity index (χ2n) is 7.27. The average molecular weight is 352 g/mol.